The van der Waals surface area contributed by atoms with E-state index in [0.717, 1.165) is 0 Å². The number of hydrogen-bond donors (Lipinski definition) is 2. The highest BCUT2D eigenvalue weighted by atomic mass is 32.1. The summed E-state index contributed by atoms with van der Waals surface area (Å²) >= 11 is 5.07. The van der Waals surface area contributed by atoms with Gasteiger partial charge in [0.2, 0.25) is 11.8 Å². The maximum Gasteiger partial charge on any atom is 0.328 e. The topological polar surface area (TPSA) is 89.9 Å². The van der Waals surface area contributed by atoms with E-state index in [2.05, 4.69) is 32.4 Å². The summed E-state index contributed by atoms with van der Waals surface area (Å²) < 4.78 is 16.0. The largest absolute Gasteiger partial charge is 0.481 e. The quantitative estimate of drug-likeness (QED) is 0.315. The second-order valence-electron chi connectivity index (χ2n) is 4.74. The highest BCUT2D eigenvalue weighted by Gasteiger charge is 2.09. The van der Waals surface area contributed by atoms with Crippen LogP contribution in [0.5, 0.6) is 23.5 Å². The van der Waals surface area contributed by atoms with Gasteiger partial charge in [0.15, 0.2) is 5.11 Å². The van der Waals surface area contributed by atoms with E-state index in [-0.39, 0.29) is 6.01 Å². The van der Waals surface area contributed by atoms with Crippen LogP contribution in [0.4, 0.5) is 0 Å². The molecule has 2 N–H and O–H groups in total. The monoisotopic (exact) mass is 373 g/mol. The second-order valence-corrected chi connectivity index (χ2v) is 5.15. The first-order valence-corrected chi connectivity index (χ1v) is 7.99. The summed E-state index contributed by atoms with van der Waals surface area (Å²) in [6.07, 6.45) is 3.28. The molecule has 1 heterocycles. The molecule has 0 saturated heterocycles. The smallest absolute Gasteiger partial charge is 0.328 e. The van der Waals surface area contributed by atoms with Crippen LogP contribution in [0.15, 0.2) is 48.1 Å². The van der Waals surface area contributed by atoms with Gasteiger partial charge in [-0.3, -0.25) is 5.43 Å². The van der Waals surface area contributed by atoms with Gasteiger partial charge in [0.1, 0.15) is 5.75 Å². The van der Waals surface area contributed by atoms with Gasteiger partial charge in [-0.05, 0) is 24.4 Å². The fourth-order valence-corrected chi connectivity index (χ4v) is 1.92. The average molecular weight is 373 g/mol. The average Bonchev–Trinajstić information content (AvgIpc) is 2.67. The van der Waals surface area contributed by atoms with Gasteiger partial charge in [-0.15, -0.1) is 6.58 Å². The van der Waals surface area contributed by atoms with Crippen molar-refractivity contribution in [2.45, 2.75) is 0 Å². The number of nitrogens with zero attached hydrogens (tertiary/aromatic N) is 3. The van der Waals surface area contributed by atoms with Gasteiger partial charge in [0.05, 0.1) is 26.5 Å². The standard InChI is InChI=1S/C17H19N5O3S/c1-4-9-18-17(26)22-19-11-12-7-5-6-8-13(12)25-16-20-14(23-2)10-15(21-16)24-3/h4-8,10-11H,1,9H2,2-3H3,(H2,18,22,26). The fourth-order valence-electron chi connectivity index (χ4n) is 1.78. The number of ether oxygens (including phenoxy) is 3. The third-order valence-electron chi connectivity index (χ3n) is 2.97. The zero-order chi connectivity index (χ0) is 18.8. The molecule has 136 valence electrons. The minimum Gasteiger partial charge on any atom is -0.481 e. The molecule has 2 rings (SSSR count). The summed E-state index contributed by atoms with van der Waals surface area (Å²) in [5.41, 5.74) is 3.41. The number of para-hydroxylation sites is 1. The van der Waals surface area contributed by atoms with E-state index in [1.54, 1.807) is 24.4 Å². The minimum atomic E-state index is 0.0955. The van der Waals surface area contributed by atoms with Gasteiger partial charge in [0.25, 0.3) is 0 Å². The molecule has 0 aliphatic heterocycles. The Morgan fingerprint density at radius 2 is 1.92 bits per heavy atom. The molecule has 0 radical (unpaired) electrons. The van der Waals surface area contributed by atoms with Crippen LogP contribution in [-0.4, -0.2) is 42.1 Å². The van der Waals surface area contributed by atoms with Crippen molar-refractivity contribution >= 4 is 23.5 Å². The predicted molar refractivity (Wildman–Crippen MR) is 103 cm³/mol. The minimum absolute atomic E-state index is 0.0955. The Balaban J connectivity index is 2.14. The van der Waals surface area contributed by atoms with Crippen LogP contribution >= 0.6 is 12.2 Å². The van der Waals surface area contributed by atoms with Crippen molar-refractivity contribution in [2.24, 2.45) is 5.10 Å². The van der Waals surface area contributed by atoms with E-state index in [4.69, 9.17) is 26.4 Å². The molecule has 1 aromatic heterocycles. The molecule has 0 fully saturated rings. The zero-order valence-electron chi connectivity index (χ0n) is 14.4. The number of benzene rings is 1. The lowest BCUT2D eigenvalue weighted by molar-refractivity contribution is 0.348. The Morgan fingerprint density at radius 1 is 1.23 bits per heavy atom. The Kier molecular flexibility index (Phi) is 7.31. The van der Waals surface area contributed by atoms with E-state index in [9.17, 15) is 0 Å². The molecule has 0 bridgehead atoms. The summed E-state index contributed by atoms with van der Waals surface area (Å²) in [4.78, 5) is 8.29. The first-order chi connectivity index (χ1) is 12.7. The number of thiocarbonyl (C=S) groups is 1. The molecule has 0 aliphatic carbocycles. The van der Waals surface area contributed by atoms with Crippen molar-refractivity contribution in [1.29, 1.82) is 0 Å². The Bertz CT molecular complexity index is 775. The third kappa shape index (κ3) is 5.71. The van der Waals surface area contributed by atoms with Gasteiger partial charge in [-0.2, -0.15) is 15.1 Å². The number of methoxy groups -OCH3 is 2. The first-order valence-electron chi connectivity index (χ1n) is 7.58. The van der Waals surface area contributed by atoms with Crippen LogP contribution in [0.1, 0.15) is 5.56 Å². The summed E-state index contributed by atoms with van der Waals surface area (Å²) in [6.45, 7) is 4.15. The predicted octanol–water partition coefficient (Wildman–Crippen LogP) is 2.27. The fraction of sp³-hybridized carbons (Fsp3) is 0.176. The normalized spacial score (nSPS) is 10.2. The lowest BCUT2D eigenvalue weighted by Gasteiger charge is -2.09. The van der Waals surface area contributed by atoms with Crippen molar-refractivity contribution in [3.05, 3.63) is 48.6 Å². The molecule has 9 heteroatoms. The zero-order valence-corrected chi connectivity index (χ0v) is 15.2. The van der Waals surface area contributed by atoms with Crippen LogP contribution in [0, 0.1) is 0 Å². The van der Waals surface area contributed by atoms with Gasteiger partial charge in [0, 0.05) is 12.1 Å². The molecule has 0 spiro atoms. The third-order valence-corrected chi connectivity index (χ3v) is 3.21. The second kappa shape index (κ2) is 9.94. The Hall–Kier alpha value is -3.20. The van der Waals surface area contributed by atoms with E-state index >= 15 is 0 Å². The van der Waals surface area contributed by atoms with Gasteiger partial charge >= 0.3 is 6.01 Å². The van der Waals surface area contributed by atoms with Crippen molar-refractivity contribution < 1.29 is 14.2 Å². The molecule has 0 amide bonds. The van der Waals surface area contributed by atoms with Crippen molar-refractivity contribution in [2.75, 3.05) is 20.8 Å². The van der Waals surface area contributed by atoms with Crippen molar-refractivity contribution in [3.8, 4) is 23.5 Å². The van der Waals surface area contributed by atoms with E-state index in [1.165, 1.54) is 14.2 Å². The highest BCUT2D eigenvalue weighted by Crippen LogP contribution is 2.25. The molecule has 0 saturated carbocycles. The number of rotatable bonds is 8. The van der Waals surface area contributed by atoms with E-state index in [1.807, 2.05) is 18.2 Å². The van der Waals surface area contributed by atoms with Gasteiger partial charge in [-0.25, -0.2) is 0 Å². The number of hydrogen-bond acceptors (Lipinski definition) is 7. The van der Waals surface area contributed by atoms with Gasteiger partial charge in [-0.1, -0.05) is 18.2 Å². The van der Waals surface area contributed by atoms with Crippen LogP contribution < -0.4 is 25.0 Å². The van der Waals surface area contributed by atoms with Crippen LogP contribution in [0.25, 0.3) is 0 Å². The molecular weight excluding hydrogens is 354 g/mol. The molecule has 8 nitrogen and oxygen atoms in total. The lowest BCUT2D eigenvalue weighted by atomic mass is 10.2. The summed E-state index contributed by atoms with van der Waals surface area (Å²) in [7, 11) is 3.00. The lowest BCUT2D eigenvalue weighted by Crippen LogP contribution is -2.31. The molecule has 1 aromatic carbocycles. The van der Waals surface area contributed by atoms with Crippen LogP contribution in [0.3, 0.4) is 0 Å². The highest BCUT2D eigenvalue weighted by molar-refractivity contribution is 7.80. The van der Waals surface area contributed by atoms with Crippen molar-refractivity contribution in [3.63, 3.8) is 0 Å². The molecule has 0 unspecified atom stereocenters. The SMILES string of the molecule is C=CCNC(=S)NN=Cc1ccccc1Oc1nc(OC)cc(OC)n1. The summed E-state index contributed by atoms with van der Waals surface area (Å²) in [6, 6.07) is 8.94. The van der Waals surface area contributed by atoms with Gasteiger partial charge < -0.3 is 19.5 Å². The molecule has 2 aromatic rings. The van der Waals surface area contributed by atoms with E-state index in [0.29, 0.717) is 34.7 Å². The summed E-state index contributed by atoms with van der Waals surface area (Å²) in [5.74, 6) is 1.18. The summed E-state index contributed by atoms with van der Waals surface area (Å²) in [5, 5.41) is 7.38. The molecule has 0 aliphatic rings. The van der Waals surface area contributed by atoms with Crippen LogP contribution in [0.2, 0.25) is 0 Å². The van der Waals surface area contributed by atoms with E-state index < -0.39 is 0 Å². The maximum atomic E-state index is 5.75. The molecular formula is C17H19N5O3S. The van der Waals surface area contributed by atoms with Crippen molar-refractivity contribution in [1.82, 2.24) is 20.7 Å². The molecule has 0 atom stereocenters. The number of hydrazone groups is 1. The maximum absolute atomic E-state index is 5.75. The number of aromatic nitrogens is 2. The van der Waals surface area contributed by atoms with Crippen LogP contribution in [-0.2, 0) is 0 Å². The Labute approximate surface area is 156 Å². The number of nitrogens with one attached hydrogen (secondary N) is 2. The Morgan fingerprint density at radius 3 is 2.58 bits per heavy atom. The first kappa shape index (κ1) is 19.1. The molecule has 26 heavy (non-hydrogen) atoms.